The summed E-state index contributed by atoms with van der Waals surface area (Å²) in [7, 11) is 5.34. The summed E-state index contributed by atoms with van der Waals surface area (Å²) in [6.07, 6.45) is 3.56. The van der Waals surface area contributed by atoms with Gasteiger partial charge in [0.15, 0.2) is 6.23 Å². The van der Waals surface area contributed by atoms with Crippen molar-refractivity contribution in [3.63, 3.8) is 0 Å². The summed E-state index contributed by atoms with van der Waals surface area (Å²) in [6.45, 7) is 34.1. The predicted octanol–water partition coefficient (Wildman–Crippen LogP) is 9.62. The van der Waals surface area contributed by atoms with Gasteiger partial charge in [-0.25, -0.2) is 0 Å². The van der Waals surface area contributed by atoms with E-state index >= 15 is 0 Å². The van der Waals surface area contributed by atoms with Crippen LogP contribution in [0.3, 0.4) is 0 Å². The van der Waals surface area contributed by atoms with E-state index in [2.05, 4.69) is 126 Å². The van der Waals surface area contributed by atoms with Gasteiger partial charge in [0.2, 0.25) is 0 Å². The molecule has 2 aromatic carbocycles. The van der Waals surface area contributed by atoms with Gasteiger partial charge in [0.05, 0.1) is 11.4 Å². The third-order valence-electron chi connectivity index (χ3n) is 8.28. The second-order valence-corrected chi connectivity index (χ2v) is 16.6. The Labute approximate surface area is 326 Å². The molecule has 3 unspecified atom stereocenters. The minimum Gasteiger partial charge on any atom is -0.385 e. The van der Waals surface area contributed by atoms with Crippen LogP contribution in [0.5, 0.6) is 0 Å². The second kappa shape index (κ2) is 27.9. The first-order valence-corrected chi connectivity index (χ1v) is 19.7. The van der Waals surface area contributed by atoms with Crippen molar-refractivity contribution in [1.82, 2.24) is 15.8 Å². The van der Waals surface area contributed by atoms with E-state index in [1.807, 2.05) is 58.2 Å². The summed E-state index contributed by atoms with van der Waals surface area (Å²) < 4.78 is 10.8. The molecule has 0 aliphatic carbocycles. The fraction of sp³-hybridized carbons (Fsp3) is 0.682. The van der Waals surface area contributed by atoms with Gasteiger partial charge in [-0.2, -0.15) is 5.01 Å². The number of rotatable bonds is 15. The van der Waals surface area contributed by atoms with Gasteiger partial charge >= 0.3 is 0 Å². The molecule has 3 rings (SSSR count). The van der Waals surface area contributed by atoms with Gasteiger partial charge in [0.1, 0.15) is 11.9 Å². The summed E-state index contributed by atoms with van der Waals surface area (Å²) in [6, 6.07) is 18.2. The Hall–Kier alpha value is -2.66. The highest BCUT2D eigenvalue weighted by atomic mass is 16.5. The van der Waals surface area contributed by atoms with Crippen LogP contribution in [-0.2, 0) is 9.47 Å². The van der Waals surface area contributed by atoms with E-state index in [0.717, 1.165) is 68.8 Å². The molecule has 0 radical (unpaired) electrons. The molecule has 1 aliphatic rings. The average Bonchev–Trinajstić information content (AvgIpc) is 3.42. The number of carbonyl (C=O) groups excluding carboxylic acids is 1. The maximum atomic E-state index is 11.3. The molecule has 9 nitrogen and oxygen atoms in total. The fourth-order valence-corrected chi connectivity index (χ4v) is 4.88. The minimum absolute atomic E-state index is 0.162. The Morgan fingerprint density at radius 2 is 1.49 bits per heavy atom. The maximum Gasteiger partial charge on any atom is 0.172 e. The Bertz CT molecular complexity index is 1200. The smallest absolute Gasteiger partial charge is 0.172 e. The molecule has 0 aromatic heterocycles. The first-order chi connectivity index (χ1) is 24.8. The molecule has 1 heterocycles. The Morgan fingerprint density at radius 1 is 0.962 bits per heavy atom. The summed E-state index contributed by atoms with van der Waals surface area (Å²) in [4.78, 5) is 16.7. The number of methoxy groups -OCH3 is 2. The van der Waals surface area contributed by atoms with E-state index < -0.39 is 5.66 Å². The molecule has 0 bridgehead atoms. The zero-order chi connectivity index (χ0) is 41.3. The van der Waals surface area contributed by atoms with Gasteiger partial charge in [-0.1, -0.05) is 113 Å². The van der Waals surface area contributed by atoms with Crippen molar-refractivity contribution in [3.05, 3.63) is 65.7 Å². The Morgan fingerprint density at radius 3 is 1.87 bits per heavy atom. The van der Waals surface area contributed by atoms with Gasteiger partial charge < -0.3 is 19.8 Å². The number of nitrogens with zero attached hydrogens (tertiary/aromatic N) is 3. The number of nitrogens with two attached hydrogens (primary N) is 1. The highest BCUT2D eigenvalue weighted by molar-refractivity contribution is 6.05. The second-order valence-electron chi connectivity index (χ2n) is 16.6. The number of benzene rings is 2. The number of hydrazine groups is 2. The fourth-order valence-electron chi connectivity index (χ4n) is 4.88. The van der Waals surface area contributed by atoms with Crippen LogP contribution < -0.4 is 21.6 Å². The van der Waals surface area contributed by atoms with Gasteiger partial charge in [-0.3, -0.25) is 21.1 Å². The molecular weight excluding hydrogens is 661 g/mol. The first-order valence-electron chi connectivity index (χ1n) is 19.7. The monoisotopic (exact) mass is 743 g/mol. The number of hydrogen-bond donors (Lipinski definition) is 3. The SMILES string of the molecule is CC.CC(C)(C)C.CCOC.CNCCNN.COC1C(c2ccccc2)=NC(C)(CCC(C)C(C)C)N1N(CCC(C)(C)C)c1ccc(C=O)cc1. The number of ether oxygens (including phenoxy) is 2. The van der Waals surface area contributed by atoms with Crippen LogP contribution in [0, 0.1) is 22.7 Å². The van der Waals surface area contributed by atoms with E-state index in [0.29, 0.717) is 22.8 Å². The molecule has 0 fully saturated rings. The molecule has 0 saturated heterocycles. The van der Waals surface area contributed by atoms with Gasteiger partial charge in [-0.05, 0) is 92.7 Å². The summed E-state index contributed by atoms with van der Waals surface area (Å²) >= 11 is 0. The van der Waals surface area contributed by atoms with Crippen LogP contribution in [-0.4, -0.2) is 76.4 Å². The largest absolute Gasteiger partial charge is 0.385 e. The van der Waals surface area contributed by atoms with Crippen molar-refractivity contribution in [1.29, 1.82) is 0 Å². The van der Waals surface area contributed by atoms with Gasteiger partial charge in [0, 0.05) is 46.0 Å². The Balaban J connectivity index is 0. The van der Waals surface area contributed by atoms with Crippen LogP contribution in [0.15, 0.2) is 59.6 Å². The molecule has 4 N–H and O–H groups in total. The molecule has 9 heteroatoms. The summed E-state index contributed by atoms with van der Waals surface area (Å²) in [5, 5.41) is 7.62. The lowest BCUT2D eigenvalue weighted by Crippen LogP contribution is -2.58. The van der Waals surface area contributed by atoms with Gasteiger partial charge in [-0.15, -0.1) is 0 Å². The number of carbonyl (C=O) groups is 1. The molecule has 53 heavy (non-hydrogen) atoms. The first kappa shape index (κ1) is 52.4. The topological polar surface area (TPSA) is 104 Å². The zero-order valence-corrected chi connectivity index (χ0v) is 37.1. The predicted molar refractivity (Wildman–Crippen MR) is 231 cm³/mol. The summed E-state index contributed by atoms with van der Waals surface area (Å²) in [5.41, 5.74) is 6.45. The highest BCUT2D eigenvalue weighted by Gasteiger charge is 2.48. The molecule has 306 valence electrons. The standard InChI is InChI=1S/C31H45N3O2.C5H12.C3H11N3.C3H8O.C2H6/c1-23(2)24(3)18-19-31(7)32-28(26-12-10-9-11-13-26)29(36-8)34(31)33(21-20-30(4,5)6)27-16-14-25(22-35)15-17-27;1-5(2,3)4;1-5-2-3-6-4;1-3-4-2;1-2/h9-17,22-24,29H,18-21H2,1-8H3;1-4H3;5-6H,2-4H2,1H3;3H2,1-2H3;1-2H3. The number of aliphatic imine (C=N–C) groups is 1. The molecule has 0 spiro atoms. The number of nitrogens with one attached hydrogen (secondary N) is 2. The van der Waals surface area contributed by atoms with E-state index in [-0.39, 0.29) is 11.6 Å². The van der Waals surface area contributed by atoms with Crippen LogP contribution in [0.2, 0.25) is 0 Å². The van der Waals surface area contributed by atoms with Crippen LogP contribution >= 0.6 is 0 Å². The van der Waals surface area contributed by atoms with E-state index in [1.54, 1.807) is 14.2 Å². The number of likely N-dealkylation sites (N-methyl/N-ethyl adjacent to an activating group) is 1. The van der Waals surface area contributed by atoms with Crippen molar-refractivity contribution in [2.45, 2.75) is 128 Å². The van der Waals surface area contributed by atoms with E-state index in [4.69, 9.17) is 15.6 Å². The normalized spacial score (nSPS) is 17.4. The van der Waals surface area contributed by atoms with Crippen molar-refractivity contribution in [2.75, 3.05) is 52.5 Å². The lowest BCUT2D eigenvalue weighted by molar-refractivity contribution is -0.0417. The molecule has 1 aliphatic heterocycles. The number of aldehydes is 1. The quantitative estimate of drug-likeness (QED) is 0.0718. The summed E-state index contributed by atoms with van der Waals surface area (Å²) in [5.74, 6) is 6.14. The zero-order valence-electron chi connectivity index (χ0n) is 37.1. The van der Waals surface area contributed by atoms with E-state index in [9.17, 15) is 4.79 Å². The molecule has 0 saturated carbocycles. The maximum absolute atomic E-state index is 11.3. The van der Waals surface area contributed by atoms with E-state index in [1.165, 1.54) is 0 Å². The van der Waals surface area contributed by atoms with Crippen LogP contribution in [0.4, 0.5) is 5.69 Å². The number of hydrogen-bond acceptors (Lipinski definition) is 9. The highest BCUT2D eigenvalue weighted by Crippen LogP contribution is 2.40. The Kier molecular flexibility index (Phi) is 27.6. The van der Waals surface area contributed by atoms with Crippen LogP contribution in [0.25, 0.3) is 0 Å². The lowest BCUT2D eigenvalue weighted by Gasteiger charge is -2.46. The molecule has 2 aromatic rings. The van der Waals surface area contributed by atoms with Crippen molar-refractivity contribution >= 4 is 17.7 Å². The molecular formula is C44H82N6O3. The molecule has 0 amide bonds. The van der Waals surface area contributed by atoms with Crippen molar-refractivity contribution in [2.24, 2.45) is 33.5 Å². The van der Waals surface area contributed by atoms with Crippen molar-refractivity contribution < 1.29 is 14.3 Å². The third kappa shape index (κ3) is 22.3. The molecule has 3 atom stereocenters. The third-order valence-corrected chi connectivity index (χ3v) is 8.28. The minimum atomic E-state index is -0.476. The van der Waals surface area contributed by atoms with Crippen LogP contribution in [0.1, 0.15) is 132 Å². The average molecular weight is 743 g/mol. The number of anilines is 1. The van der Waals surface area contributed by atoms with Crippen molar-refractivity contribution in [3.8, 4) is 0 Å². The van der Waals surface area contributed by atoms with Gasteiger partial charge in [0.25, 0.3) is 0 Å². The lowest BCUT2D eigenvalue weighted by atomic mass is 9.90.